The Morgan fingerprint density at radius 3 is 2.41 bits per heavy atom. The Morgan fingerprint density at radius 1 is 1.00 bits per heavy atom. The number of aryl methyl sites for hydroxylation is 1. The van der Waals surface area contributed by atoms with Crippen molar-refractivity contribution < 1.29 is 28.8 Å². The number of nitrogens with zero attached hydrogens (tertiary/aromatic N) is 1. The molecular weight excluding hydrogens is 374 g/mol. The molecule has 0 bridgehead atoms. The number of ether oxygens (including phenoxy) is 4. The molecule has 7 heteroatoms. The molecule has 0 saturated carbocycles. The maximum absolute atomic E-state index is 13.0. The Labute approximate surface area is 168 Å². The lowest BCUT2D eigenvalue weighted by molar-refractivity contribution is 0.0730. The van der Waals surface area contributed by atoms with Gasteiger partial charge in [-0.2, -0.15) is 0 Å². The number of aromatic nitrogens is 1. The molecule has 7 nitrogen and oxygen atoms in total. The third-order valence-corrected chi connectivity index (χ3v) is 4.52. The lowest BCUT2D eigenvalue weighted by Gasteiger charge is -2.19. The van der Waals surface area contributed by atoms with Gasteiger partial charge in [0.1, 0.15) is 0 Å². The highest BCUT2D eigenvalue weighted by Gasteiger charge is 2.24. The largest absolute Gasteiger partial charge is 0.492 e. The summed E-state index contributed by atoms with van der Waals surface area (Å²) in [6.07, 6.45) is 2.61. The predicted molar refractivity (Wildman–Crippen MR) is 108 cm³/mol. The number of methoxy groups -OCH3 is 3. The third kappa shape index (κ3) is 4.09. The molecule has 0 aliphatic rings. The number of hydrogen-bond donors (Lipinski definition) is 1. The summed E-state index contributed by atoms with van der Waals surface area (Å²) in [7, 11) is 4.47. The quantitative estimate of drug-likeness (QED) is 0.460. The highest BCUT2D eigenvalue weighted by atomic mass is 16.6. The summed E-state index contributed by atoms with van der Waals surface area (Å²) in [5.74, 6) is 0.731. The molecule has 1 aromatic heterocycles. The number of carbonyl (C=O) groups is 1. The first-order valence-electron chi connectivity index (χ1n) is 9.13. The third-order valence-electron chi connectivity index (χ3n) is 4.52. The van der Waals surface area contributed by atoms with Crippen molar-refractivity contribution in [1.82, 2.24) is 4.98 Å². The summed E-state index contributed by atoms with van der Waals surface area (Å²) in [6.45, 7) is 0.0234. The van der Waals surface area contributed by atoms with Crippen molar-refractivity contribution >= 4 is 16.9 Å². The zero-order valence-electron chi connectivity index (χ0n) is 16.6. The van der Waals surface area contributed by atoms with E-state index in [9.17, 15) is 9.90 Å². The number of hydrogen-bond acceptors (Lipinski definition) is 7. The summed E-state index contributed by atoms with van der Waals surface area (Å²) in [6, 6.07) is 10.6. The molecule has 3 rings (SSSR count). The van der Waals surface area contributed by atoms with Crippen LogP contribution in [-0.4, -0.2) is 44.0 Å². The van der Waals surface area contributed by atoms with Gasteiger partial charge in [-0.15, -0.1) is 0 Å². The van der Waals surface area contributed by atoms with Crippen LogP contribution in [0.25, 0.3) is 10.9 Å². The van der Waals surface area contributed by atoms with E-state index in [0.717, 1.165) is 5.56 Å². The number of carbonyl (C=O) groups excluding carboxylic acids is 1. The Bertz CT molecular complexity index is 1010. The maximum atomic E-state index is 13.0. The highest BCUT2D eigenvalue weighted by molar-refractivity contribution is 6.04. The second-order valence-electron chi connectivity index (χ2n) is 6.23. The van der Waals surface area contributed by atoms with Crippen molar-refractivity contribution in [3.05, 3.63) is 53.7 Å². The van der Waals surface area contributed by atoms with Crippen LogP contribution in [0.3, 0.4) is 0 Å². The predicted octanol–water partition coefficient (Wildman–Crippen LogP) is 3.40. The smallest absolute Gasteiger partial charge is 0.344 e. The number of benzene rings is 2. The van der Waals surface area contributed by atoms with E-state index in [-0.39, 0.29) is 18.1 Å². The summed E-state index contributed by atoms with van der Waals surface area (Å²) < 4.78 is 22.1. The van der Waals surface area contributed by atoms with E-state index in [1.807, 2.05) is 24.3 Å². The van der Waals surface area contributed by atoms with E-state index >= 15 is 0 Å². The first-order chi connectivity index (χ1) is 14.1. The van der Waals surface area contributed by atoms with Crippen LogP contribution in [0.1, 0.15) is 22.3 Å². The molecule has 2 aromatic carbocycles. The van der Waals surface area contributed by atoms with Crippen molar-refractivity contribution in [2.24, 2.45) is 0 Å². The summed E-state index contributed by atoms with van der Waals surface area (Å²) in [5, 5.41) is 9.89. The van der Waals surface area contributed by atoms with Gasteiger partial charge in [-0.25, -0.2) is 4.79 Å². The molecule has 0 atom stereocenters. The summed E-state index contributed by atoms with van der Waals surface area (Å²) in [4.78, 5) is 17.2. The van der Waals surface area contributed by atoms with Gasteiger partial charge in [0, 0.05) is 23.8 Å². The first-order valence-corrected chi connectivity index (χ1v) is 9.13. The van der Waals surface area contributed by atoms with Gasteiger partial charge in [0.25, 0.3) is 0 Å². The Morgan fingerprint density at radius 2 is 1.72 bits per heavy atom. The van der Waals surface area contributed by atoms with Crippen LogP contribution in [0.15, 0.2) is 42.6 Å². The minimum absolute atomic E-state index is 0.0234. The number of esters is 1. The van der Waals surface area contributed by atoms with Gasteiger partial charge >= 0.3 is 5.97 Å². The van der Waals surface area contributed by atoms with E-state index < -0.39 is 5.97 Å². The SMILES string of the molecule is COc1c(CCCO)cc(OC(=O)c2ccnc3ccccc23)c(OC)c1OC. The number of aliphatic hydroxyl groups excluding tert-OH is 1. The second kappa shape index (κ2) is 9.25. The number of pyridine rings is 1. The molecule has 0 amide bonds. The molecule has 1 heterocycles. The fourth-order valence-electron chi connectivity index (χ4n) is 3.21. The normalized spacial score (nSPS) is 10.6. The fourth-order valence-corrected chi connectivity index (χ4v) is 3.21. The molecule has 29 heavy (non-hydrogen) atoms. The molecule has 152 valence electrons. The van der Waals surface area contributed by atoms with E-state index in [1.165, 1.54) is 21.3 Å². The van der Waals surface area contributed by atoms with Crippen molar-refractivity contribution in [3.63, 3.8) is 0 Å². The van der Waals surface area contributed by atoms with Crippen molar-refractivity contribution in [1.29, 1.82) is 0 Å². The molecule has 0 saturated heterocycles. The number of rotatable bonds is 8. The Kier molecular flexibility index (Phi) is 6.51. The van der Waals surface area contributed by atoms with Gasteiger partial charge in [0.2, 0.25) is 11.5 Å². The standard InChI is InChI=1S/C22H23NO6/c1-26-19-14(7-6-12-24)13-18(20(27-2)21(19)28-3)29-22(25)16-10-11-23-17-9-5-4-8-15(16)17/h4-5,8-11,13,24H,6-7,12H2,1-3H3. The van der Waals surface area contributed by atoms with E-state index in [4.69, 9.17) is 18.9 Å². The van der Waals surface area contributed by atoms with E-state index in [2.05, 4.69) is 4.98 Å². The van der Waals surface area contributed by atoms with Crippen molar-refractivity contribution in [2.45, 2.75) is 12.8 Å². The van der Waals surface area contributed by atoms with Gasteiger partial charge in [-0.05, 0) is 31.0 Å². The summed E-state index contributed by atoms with van der Waals surface area (Å²) >= 11 is 0. The van der Waals surface area contributed by atoms with Crippen LogP contribution in [0, 0.1) is 0 Å². The minimum Gasteiger partial charge on any atom is -0.492 e. The monoisotopic (exact) mass is 397 g/mol. The zero-order valence-corrected chi connectivity index (χ0v) is 16.6. The van der Waals surface area contributed by atoms with Crippen LogP contribution in [0.4, 0.5) is 0 Å². The van der Waals surface area contributed by atoms with Crippen LogP contribution in [-0.2, 0) is 6.42 Å². The molecular formula is C22H23NO6. The molecule has 3 aromatic rings. The number of fused-ring (bicyclic) bond motifs is 1. The van der Waals surface area contributed by atoms with Crippen LogP contribution < -0.4 is 18.9 Å². The molecule has 0 aliphatic carbocycles. The lowest BCUT2D eigenvalue weighted by Crippen LogP contribution is -2.11. The van der Waals surface area contributed by atoms with Crippen LogP contribution >= 0.6 is 0 Å². The highest BCUT2D eigenvalue weighted by Crippen LogP contribution is 2.47. The molecule has 0 unspecified atom stereocenters. The van der Waals surface area contributed by atoms with Gasteiger partial charge in [0.05, 0.1) is 32.4 Å². The first kappa shape index (κ1) is 20.4. The van der Waals surface area contributed by atoms with E-state index in [0.29, 0.717) is 40.8 Å². The topological polar surface area (TPSA) is 87.1 Å². The van der Waals surface area contributed by atoms with Gasteiger partial charge < -0.3 is 24.1 Å². The van der Waals surface area contributed by atoms with Gasteiger partial charge in [0.15, 0.2) is 11.5 Å². The van der Waals surface area contributed by atoms with E-state index in [1.54, 1.807) is 18.3 Å². The maximum Gasteiger partial charge on any atom is 0.344 e. The number of para-hydroxylation sites is 1. The van der Waals surface area contributed by atoms with Crippen molar-refractivity contribution in [2.75, 3.05) is 27.9 Å². The average molecular weight is 397 g/mol. The van der Waals surface area contributed by atoms with Gasteiger partial charge in [-0.3, -0.25) is 4.98 Å². The molecule has 0 radical (unpaired) electrons. The molecule has 0 fully saturated rings. The van der Waals surface area contributed by atoms with Crippen molar-refractivity contribution in [3.8, 4) is 23.0 Å². The Hall–Kier alpha value is -3.32. The molecule has 1 N–H and O–H groups in total. The molecule has 0 aliphatic heterocycles. The van der Waals surface area contributed by atoms with Crippen LogP contribution in [0.2, 0.25) is 0 Å². The fraction of sp³-hybridized carbons (Fsp3) is 0.273. The minimum atomic E-state index is -0.540. The number of aliphatic hydroxyl groups is 1. The van der Waals surface area contributed by atoms with Gasteiger partial charge in [-0.1, -0.05) is 18.2 Å². The van der Waals surface area contributed by atoms with Crippen LogP contribution in [0.5, 0.6) is 23.0 Å². The molecule has 0 spiro atoms. The average Bonchev–Trinajstić information content (AvgIpc) is 2.76. The Balaban J connectivity index is 2.06. The lowest BCUT2D eigenvalue weighted by atomic mass is 10.1. The zero-order chi connectivity index (χ0) is 20.8. The summed E-state index contributed by atoms with van der Waals surface area (Å²) in [5.41, 5.74) is 1.83. The second-order valence-corrected chi connectivity index (χ2v) is 6.23.